The molecule has 78 valence electrons. The molecule has 0 spiro atoms. The number of rotatable bonds is 6. The van der Waals surface area contributed by atoms with Crippen LogP contribution in [0.1, 0.15) is 33.1 Å². The van der Waals surface area contributed by atoms with E-state index in [1.165, 1.54) is 0 Å². The maximum Gasteiger partial charge on any atom is 0.307 e. The summed E-state index contributed by atoms with van der Waals surface area (Å²) in [5.74, 6) is -0.435. The van der Waals surface area contributed by atoms with E-state index in [1.54, 1.807) is 0 Å². The quantitative estimate of drug-likeness (QED) is 0.528. The van der Waals surface area contributed by atoms with Crippen molar-refractivity contribution in [3.8, 4) is 0 Å². The van der Waals surface area contributed by atoms with Gasteiger partial charge in [0.15, 0.2) is 11.1 Å². The highest BCUT2D eigenvalue weighted by molar-refractivity contribution is 7.79. The Kier molecular flexibility index (Phi) is 6.80. The predicted molar refractivity (Wildman–Crippen MR) is 50.7 cm³/mol. The van der Waals surface area contributed by atoms with Crippen LogP contribution < -0.4 is 0 Å². The minimum atomic E-state index is -1.91. The minimum absolute atomic E-state index is 0.0135. The number of hydrogen-bond donors (Lipinski definition) is 1. The molecule has 0 aliphatic heterocycles. The van der Waals surface area contributed by atoms with Gasteiger partial charge >= 0.3 is 5.97 Å². The van der Waals surface area contributed by atoms with Gasteiger partial charge in [0.05, 0.1) is 12.2 Å². The van der Waals surface area contributed by atoms with Gasteiger partial charge in [-0.25, -0.2) is 4.21 Å². The van der Waals surface area contributed by atoms with E-state index in [0.717, 1.165) is 12.8 Å². The van der Waals surface area contributed by atoms with Crippen molar-refractivity contribution in [3.05, 3.63) is 0 Å². The monoisotopic (exact) mass is 208 g/mol. The normalized spacial score (nSPS) is 12.9. The summed E-state index contributed by atoms with van der Waals surface area (Å²) < 4.78 is 23.7. The van der Waals surface area contributed by atoms with Crippen molar-refractivity contribution in [1.29, 1.82) is 0 Å². The average molecular weight is 208 g/mol. The van der Waals surface area contributed by atoms with Crippen LogP contribution in [0.5, 0.6) is 0 Å². The molecule has 1 unspecified atom stereocenters. The first kappa shape index (κ1) is 12.6. The molecule has 1 N–H and O–H groups in total. The lowest BCUT2D eigenvalue weighted by Crippen LogP contribution is -2.17. The molecular formula is C8H16O4S. The standard InChI is InChI=1S/C8H16O4S/c1-3-7(4-2)12-8(9)5-6-13(10)11/h7H,3-6H2,1-2H3,(H,10,11). The molecule has 0 bridgehead atoms. The summed E-state index contributed by atoms with van der Waals surface area (Å²) in [6, 6.07) is 0. The molecule has 4 nitrogen and oxygen atoms in total. The van der Waals surface area contributed by atoms with Crippen LogP contribution in [-0.2, 0) is 20.6 Å². The van der Waals surface area contributed by atoms with Crippen LogP contribution in [0.4, 0.5) is 0 Å². The number of carbonyl (C=O) groups excluding carboxylic acids is 1. The van der Waals surface area contributed by atoms with E-state index in [9.17, 15) is 9.00 Å². The van der Waals surface area contributed by atoms with Crippen molar-refractivity contribution in [2.75, 3.05) is 5.75 Å². The topological polar surface area (TPSA) is 63.6 Å². The lowest BCUT2D eigenvalue weighted by molar-refractivity contribution is -0.148. The molecule has 0 heterocycles. The third-order valence-corrected chi connectivity index (χ3v) is 2.24. The summed E-state index contributed by atoms with van der Waals surface area (Å²) in [5.41, 5.74) is 0. The van der Waals surface area contributed by atoms with Gasteiger partial charge in [0.2, 0.25) is 0 Å². The molecule has 0 radical (unpaired) electrons. The van der Waals surface area contributed by atoms with Crippen LogP contribution >= 0.6 is 0 Å². The van der Waals surface area contributed by atoms with Gasteiger partial charge in [-0.3, -0.25) is 4.79 Å². The second kappa shape index (κ2) is 7.03. The number of hydrogen-bond acceptors (Lipinski definition) is 3. The Morgan fingerprint density at radius 3 is 2.38 bits per heavy atom. The average Bonchev–Trinajstić information content (AvgIpc) is 2.10. The van der Waals surface area contributed by atoms with E-state index >= 15 is 0 Å². The van der Waals surface area contributed by atoms with Crippen LogP contribution in [0.2, 0.25) is 0 Å². The Hall–Kier alpha value is -0.420. The van der Waals surface area contributed by atoms with Gasteiger partial charge in [-0.1, -0.05) is 13.8 Å². The Balaban J connectivity index is 3.66. The Morgan fingerprint density at radius 2 is 2.00 bits per heavy atom. The fraction of sp³-hybridized carbons (Fsp3) is 0.875. The Bertz CT molecular complexity index is 177. The highest BCUT2D eigenvalue weighted by atomic mass is 32.2. The first-order valence-corrected chi connectivity index (χ1v) is 5.64. The zero-order chi connectivity index (χ0) is 10.3. The van der Waals surface area contributed by atoms with Crippen LogP contribution in [0, 0.1) is 0 Å². The van der Waals surface area contributed by atoms with E-state index in [-0.39, 0.29) is 18.3 Å². The minimum Gasteiger partial charge on any atom is -0.462 e. The third-order valence-electron chi connectivity index (χ3n) is 1.69. The second-order valence-electron chi connectivity index (χ2n) is 2.70. The van der Waals surface area contributed by atoms with Crippen molar-refractivity contribution >= 4 is 17.0 Å². The summed E-state index contributed by atoms with van der Waals surface area (Å²) in [5, 5.41) is 0. The SMILES string of the molecule is CCC(CC)OC(=O)CCS(=O)O. The Labute approximate surface area is 80.9 Å². The molecule has 0 rings (SSSR count). The number of ether oxygens (including phenoxy) is 1. The summed E-state index contributed by atoms with van der Waals surface area (Å²) >= 11 is -1.91. The van der Waals surface area contributed by atoms with Gasteiger partial charge in [-0.05, 0) is 12.8 Å². The van der Waals surface area contributed by atoms with Crippen molar-refractivity contribution in [2.45, 2.75) is 39.2 Å². The molecular weight excluding hydrogens is 192 g/mol. The predicted octanol–water partition coefficient (Wildman–Crippen LogP) is 1.33. The van der Waals surface area contributed by atoms with Crippen molar-refractivity contribution in [1.82, 2.24) is 0 Å². The maximum atomic E-state index is 11.0. The maximum absolute atomic E-state index is 11.0. The molecule has 0 saturated carbocycles. The summed E-state index contributed by atoms with van der Waals surface area (Å²) in [6.07, 6.45) is 1.52. The van der Waals surface area contributed by atoms with Crippen LogP contribution in [0.25, 0.3) is 0 Å². The molecule has 13 heavy (non-hydrogen) atoms. The molecule has 0 amide bonds. The van der Waals surface area contributed by atoms with Crippen LogP contribution in [0.3, 0.4) is 0 Å². The number of esters is 1. The smallest absolute Gasteiger partial charge is 0.307 e. The molecule has 0 aromatic carbocycles. The molecule has 0 fully saturated rings. The van der Waals surface area contributed by atoms with Crippen LogP contribution in [0.15, 0.2) is 0 Å². The molecule has 0 saturated heterocycles. The lowest BCUT2D eigenvalue weighted by atomic mass is 10.2. The highest BCUT2D eigenvalue weighted by Gasteiger charge is 2.10. The van der Waals surface area contributed by atoms with E-state index in [4.69, 9.17) is 9.29 Å². The van der Waals surface area contributed by atoms with Crippen LogP contribution in [-0.4, -0.2) is 26.6 Å². The molecule has 5 heteroatoms. The molecule has 0 aromatic rings. The first-order valence-electron chi connectivity index (χ1n) is 4.37. The number of carbonyl (C=O) groups is 1. The first-order chi connectivity index (χ1) is 6.10. The van der Waals surface area contributed by atoms with Crippen molar-refractivity contribution in [2.24, 2.45) is 0 Å². The third kappa shape index (κ3) is 6.72. The highest BCUT2D eigenvalue weighted by Crippen LogP contribution is 2.04. The van der Waals surface area contributed by atoms with Crippen molar-refractivity contribution < 1.29 is 18.3 Å². The van der Waals surface area contributed by atoms with E-state index in [1.807, 2.05) is 13.8 Å². The van der Waals surface area contributed by atoms with E-state index in [0.29, 0.717) is 0 Å². The second-order valence-corrected chi connectivity index (χ2v) is 3.76. The fourth-order valence-electron chi connectivity index (χ4n) is 0.871. The lowest BCUT2D eigenvalue weighted by Gasteiger charge is -2.13. The zero-order valence-corrected chi connectivity index (χ0v) is 8.80. The molecule has 1 atom stereocenters. The molecule has 0 aliphatic rings. The van der Waals surface area contributed by atoms with Gasteiger partial charge in [0.1, 0.15) is 6.10 Å². The largest absolute Gasteiger partial charge is 0.462 e. The molecule has 0 aliphatic carbocycles. The summed E-state index contributed by atoms with van der Waals surface area (Å²) in [6.45, 7) is 3.87. The van der Waals surface area contributed by atoms with Gasteiger partial charge in [0.25, 0.3) is 0 Å². The van der Waals surface area contributed by atoms with Gasteiger partial charge < -0.3 is 9.29 Å². The fourth-order valence-corrected chi connectivity index (χ4v) is 1.21. The summed E-state index contributed by atoms with van der Waals surface area (Å²) in [7, 11) is 0. The zero-order valence-electron chi connectivity index (χ0n) is 7.99. The van der Waals surface area contributed by atoms with Crippen molar-refractivity contribution in [3.63, 3.8) is 0 Å². The summed E-state index contributed by atoms with van der Waals surface area (Å²) in [4.78, 5) is 11.0. The molecule has 0 aromatic heterocycles. The van der Waals surface area contributed by atoms with E-state index in [2.05, 4.69) is 0 Å². The van der Waals surface area contributed by atoms with Gasteiger partial charge in [-0.15, -0.1) is 0 Å². The van der Waals surface area contributed by atoms with E-state index < -0.39 is 17.0 Å². The Morgan fingerprint density at radius 1 is 1.46 bits per heavy atom. The van der Waals surface area contributed by atoms with Gasteiger partial charge in [-0.2, -0.15) is 0 Å². The van der Waals surface area contributed by atoms with Gasteiger partial charge in [0, 0.05) is 0 Å².